The molecule has 1 aromatic heterocycles. The molecular formula is C8H14N2O2S. The molecule has 0 aliphatic heterocycles. The van der Waals surface area contributed by atoms with Crippen LogP contribution in [0.5, 0.6) is 0 Å². The van der Waals surface area contributed by atoms with E-state index in [0.717, 1.165) is 30.2 Å². The van der Waals surface area contributed by atoms with Crippen molar-refractivity contribution in [1.82, 2.24) is 10.1 Å². The summed E-state index contributed by atoms with van der Waals surface area (Å²) >= 11 is 1.70. The number of thioether (sulfide) groups is 1. The lowest BCUT2D eigenvalue weighted by molar-refractivity contribution is 0.296. The van der Waals surface area contributed by atoms with Crippen LogP contribution >= 0.6 is 11.8 Å². The van der Waals surface area contributed by atoms with Crippen molar-refractivity contribution in [1.29, 1.82) is 0 Å². The standard InChI is InChI=1S/C8H14N2O2S/c1-2-7-9-8(12-10-7)6-13-5-3-4-11/h11H,2-6H2,1H3. The molecule has 1 heterocycles. The number of aromatic nitrogens is 2. The zero-order valence-corrected chi connectivity index (χ0v) is 8.51. The second-order valence-corrected chi connectivity index (χ2v) is 3.69. The van der Waals surface area contributed by atoms with Gasteiger partial charge >= 0.3 is 0 Å². The lowest BCUT2D eigenvalue weighted by Crippen LogP contribution is -1.88. The van der Waals surface area contributed by atoms with Crippen molar-refractivity contribution in [3.63, 3.8) is 0 Å². The largest absolute Gasteiger partial charge is 0.396 e. The van der Waals surface area contributed by atoms with Gasteiger partial charge in [0.15, 0.2) is 5.82 Å². The maximum atomic E-state index is 8.54. The Morgan fingerprint density at radius 1 is 1.54 bits per heavy atom. The van der Waals surface area contributed by atoms with Gasteiger partial charge in [0, 0.05) is 13.0 Å². The fourth-order valence-electron chi connectivity index (χ4n) is 0.818. The molecular weight excluding hydrogens is 188 g/mol. The Bertz CT molecular complexity index is 240. The van der Waals surface area contributed by atoms with Crippen molar-refractivity contribution >= 4 is 11.8 Å². The van der Waals surface area contributed by atoms with E-state index in [2.05, 4.69) is 10.1 Å². The fraction of sp³-hybridized carbons (Fsp3) is 0.750. The van der Waals surface area contributed by atoms with Crippen molar-refractivity contribution in [3.8, 4) is 0 Å². The molecule has 0 aliphatic carbocycles. The summed E-state index contributed by atoms with van der Waals surface area (Å²) in [4.78, 5) is 4.17. The van der Waals surface area contributed by atoms with Crippen molar-refractivity contribution in [2.45, 2.75) is 25.5 Å². The van der Waals surface area contributed by atoms with Gasteiger partial charge in [-0.05, 0) is 12.2 Å². The van der Waals surface area contributed by atoms with Gasteiger partial charge in [-0.15, -0.1) is 0 Å². The van der Waals surface area contributed by atoms with E-state index in [9.17, 15) is 0 Å². The number of nitrogens with zero attached hydrogens (tertiary/aromatic N) is 2. The van der Waals surface area contributed by atoms with Crippen molar-refractivity contribution < 1.29 is 9.63 Å². The van der Waals surface area contributed by atoms with E-state index < -0.39 is 0 Å². The Labute approximate surface area is 81.7 Å². The van der Waals surface area contributed by atoms with Crippen LogP contribution in [0, 0.1) is 0 Å². The van der Waals surface area contributed by atoms with E-state index >= 15 is 0 Å². The second kappa shape index (κ2) is 5.99. The number of hydrogen-bond donors (Lipinski definition) is 1. The minimum absolute atomic E-state index is 0.247. The number of rotatable bonds is 6. The highest BCUT2D eigenvalue weighted by Gasteiger charge is 2.03. The van der Waals surface area contributed by atoms with Gasteiger partial charge < -0.3 is 9.63 Å². The fourth-order valence-corrected chi connectivity index (χ4v) is 1.59. The second-order valence-electron chi connectivity index (χ2n) is 2.59. The Balaban J connectivity index is 2.20. The third-order valence-electron chi connectivity index (χ3n) is 1.50. The Hall–Kier alpha value is -0.550. The molecule has 0 bridgehead atoms. The van der Waals surface area contributed by atoms with Gasteiger partial charge in [0.2, 0.25) is 5.89 Å². The predicted octanol–water partition coefficient (Wildman–Crippen LogP) is 1.25. The zero-order valence-electron chi connectivity index (χ0n) is 7.69. The van der Waals surface area contributed by atoms with E-state index in [-0.39, 0.29) is 6.61 Å². The summed E-state index contributed by atoms with van der Waals surface area (Å²) in [5.41, 5.74) is 0. The van der Waals surface area contributed by atoms with Gasteiger partial charge in [0.25, 0.3) is 0 Å². The van der Waals surface area contributed by atoms with Crippen LogP contribution in [0.4, 0.5) is 0 Å². The highest BCUT2D eigenvalue weighted by molar-refractivity contribution is 7.98. The van der Waals surface area contributed by atoms with Crippen LogP contribution in [0.2, 0.25) is 0 Å². The van der Waals surface area contributed by atoms with Crippen LogP contribution < -0.4 is 0 Å². The molecule has 0 unspecified atom stereocenters. The minimum Gasteiger partial charge on any atom is -0.396 e. The summed E-state index contributed by atoms with van der Waals surface area (Å²) in [6.07, 6.45) is 1.63. The van der Waals surface area contributed by atoms with E-state index in [1.54, 1.807) is 11.8 Å². The smallest absolute Gasteiger partial charge is 0.236 e. The van der Waals surface area contributed by atoms with Gasteiger partial charge in [-0.25, -0.2) is 0 Å². The number of aliphatic hydroxyl groups is 1. The number of aryl methyl sites for hydroxylation is 1. The third-order valence-corrected chi connectivity index (χ3v) is 2.53. The Morgan fingerprint density at radius 2 is 2.38 bits per heavy atom. The molecule has 74 valence electrons. The highest BCUT2D eigenvalue weighted by Crippen LogP contribution is 2.11. The van der Waals surface area contributed by atoms with Crippen LogP contribution in [-0.2, 0) is 12.2 Å². The number of aliphatic hydroxyl groups excluding tert-OH is 1. The summed E-state index contributed by atoms with van der Waals surface area (Å²) in [5.74, 6) is 3.12. The van der Waals surface area contributed by atoms with E-state index in [1.165, 1.54) is 0 Å². The van der Waals surface area contributed by atoms with Gasteiger partial charge in [-0.2, -0.15) is 16.7 Å². The molecule has 0 saturated carbocycles. The topological polar surface area (TPSA) is 59.2 Å². The summed E-state index contributed by atoms with van der Waals surface area (Å²) in [6, 6.07) is 0. The molecule has 1 rings (SSSR count). The molecule has 13 heavy (non-hydrogen) atoms. The first-order chi connectivity index (χ1) is 6.36. The summed E-state index contributed by atoms with van der Waals surface area (Å²) in [7, 11) is 0. The molecule has 0 radical (unpaired) electrons. The SMILES string of the molecule is CCc1noc(CSCCCO)n1. The van der Waals surface area contributed by atoms with Gasteiger partial charge in [0.05, 0.1) is 5.75 Å². The van der Waals surface area contributed by atoms with E-state index in [0.29, 0.717) is 5.89 Å². The Morgan fingerprint density at radius 3 is 3.00 bits per heavy atom. The van der Waals surface area contributed by atoms with Crippen LogP contribution in [-0.4, -0.2) is 27.6 Å². The quantitative estimate of drug-likeness (QED) is 0.703. The molecule has 0 amide bonds. The highest BCUT2D eigenvalue weighted by atomic mass is 32.2. The maximum Gasteiger partial charge on any atom is 0.236 e. The summed E-state index contributed by atoms with van der Waals surface area (Å²) < 4.78 is 4.99. The third kappa shape index (κ3) is 3.78. The van der Waals surface area contributed by atoms with E-state index in [1.807, 2.05) is 6.92 Å². The Kier molecular flexibility index (Phi) is 4.85. The first-order valence-electron chi connectivity index (χ1n) is 4.37. The zero-order chi connectivity index (χ0) is 9.52. The van der Waals surface area contributed by atoms with Crippen LogP contribution in [0.15, 0.2) is 4.52 Å². The lowest BCUT2D eigenvalue weighted by Gasteiger charge is -1.93. The monoisotopic (exact) mass is 202 g/mol. The molecule has 1 aromatic rings. The summed E-state index contributed by atoms with van der Waals surface area (Å²) in [6.45, 7) is 2.24. The average molecular weight is 202 g/mol. The minimum atomic E-state index is 0.247. The number of hydrogen-bond acceptors (Lipinski definition) is 5. The molecule has 0 aliphatic rings. The first-order valence-corrected chi connectivity index (χ1v) is 5.52. The molecule has 0 saturated heterocycles. The first kappa shape index (κ1) is 10.5. The van der Waals surface area contributed by atoms with Gasteiger partial charge in [0.1, 0.15) is 0 Å². The molecule has 4 nitrogen and oxygen atoms in total. The molecule has 0 aromatic carbocycles. The van der Waals surface area contributed by atoms with Crippen LogP contribution in [0.25, 0.3) is 0 Å². The average Bonchev–Trinajstić information content (AvgIpc) is 2.60. The normalized spacial score (nSPS) is 10.6. The van der Waals surface area contributed by atoms with Crippen LogP contribution in [0.3, 0.4) is 0 Å². The molecule has 0 spiro atoms. The lowest BCUT2D eigenvalue weighted by atomic mass is 10.5. The molecule has 5 heteroatoms. The predicted molar refractivity (Wildman–Crippen MR) is 51.5 cm³/mol. The van der Waals surface area contributed by atoms with Crippen molar-refractivity contribution in [2.24, 2.45) is 0 Å². The van der Waals surface area contributed by atoms with Gasteiger partial charge in [-0.3, -0.25) is 0 Å². The van der Waals surface area contributed by atoms with Gasteiger partial charge in [-0.1, -0.05) is 12.1 Å². The van der Waals surface area contributed by atoms with Crippen molar-refractivity contribution in [2.75, 3.05) is 12.4 Å². The summed E-state index contributed by atoms with van der Waals surface area (Å²) in [5, 5.41) is 12.3. The van der Waals surface area contributed by atoms with Crippen molar-refractivity contribution in [3.05, 3.63) is 11.7 Å². The molecule has 0 fully saturated rings. The van der Waals surface area contributed by atoms with E-state index in [4.69, 9.17) is 9.63 Å². The molecule has 1 N–H and O–H groups in total. The van der Waals surface area contributed by atoms with Crippen LogP contribution in [0.1, 0.15) is 25.1 Å². The molecule has 0 atom stereocenters. The maximum absolute atomic E-state index is 8.54.